The summed E-state index contributed by atoms with van der Waals surface area (Å²) in [6.45, 7) is 6.72. The number of nitrogens with zero attached hydrogens (tertiary/aromatic N) is 3. The zero-order valence-corrected chi connectivity index (χ0v) is 16.7. The Balaban J connectivity index is 1.70. The summed E-state index contributed by atoms with van der Waals surface area (Å²) in [6.07, 6.45) is 5.06. The van der Waals surface area contributed by atoms with Gasteiger partial charge in [-0.2, -0.15) is 0 Å². The lowest BCUT2D eigenvalue weighted by Crippen LogP contribution is -2.12. The topological polar surface area (TPSA) is 51.8 Å². The van der Waals surface area contributed by atoms with Crippen molar-refractivity contribution in [2.45, 2.75) is 26.2 Å². The lowest BCUT2D eigenvalue weighted by molar-refractivity contribution is 0.596. The van der Waals surface area contributed by atoms with Crippen LogP contribution in [0.1, 0.15) is 26.3 Å². The van der Waals surface area contributed by atoms with Gasteiger partial charge in [0.1, 0.15) is 12.0 Å². The van der Waals surface area contributed by atoms with E-state index in [-0.39, 0.29) is 5.41 Å². The molecule has 2 aromatic carbocycles. The van der Waals surface area contributed by atoms with E-state index in [0.29, 0.717) is 0 Å². The third-order valence-corrected chi connectivity index (χ3v) is 5.24. The van der Waals surface area contributed by atoms with Crippen molar-refractivity contribution in [2.75, 3.05) is 0 Å². The first-order valence-electron chi connectivity index (χ1n) is 9.69. The molecule has 0 aliphatic rings. The molecule has 0 radical (unpaired) electrons. The van der Waals surface area contributed by atoms with Gasteiger partial charge in [0.15, 0.2) is 5.58 Å². The fraction of sp³-hybridized carbons (Fsp3) is 0.160. The molecule has 0 fully saturated rings. The minimum Gasteiger partial charge on any atom is -0.462 e. The third kappa shape index (κ3) is 3.07. The van der Waals surface area contributed by atoms with Gasteiger partial charge in [0.25, 0.3) is 0 Å². The van der Waals surface area contributed by atoms with Crippen LogP contribution in [0.4, 0.5) is 0 Å². The summed E-state index contributed by atoms with van der Waals surface area (Å²) in [5.74, 6) is 0. The Hall–Kier alpha value is -3.53. The fourth-order valence-electron chi connectivity index (χ4n) is 3.80. The normalized spacial score (nSPS) is 12.0. The molecule has 4 heteroatoms. The molecular formula is C25H21N3O. The molecule has 3 aromatic heterocycles. The predicted molar refractivity (Wildman–Crippen MR) is 117 cm³/mol. The van der Waals surface area contributed by atoms with Crippen LogP contribution in [0.5, 0.6) is 0 Å². The quantitative estimate of drug-likeness (QED) is 0.356. The second kappa shape index (κ2) is 6.52. The molecule has 0 N–H and O–H groups in total. The number of aromatic nitrogens is 3. The Labute approximate surface area is 169 Å². The number of fused-ring (bicyclic) bond motifs is 2. The van der Waals surface area contributed by atoms with E-state index in [4.69, 9.17) is 4.42 Å². The minimum atomic E-state index is 0.0206. The second-order valence-corrected chi connectivity index (χ2v) is 8.28. The van der Waals surface area contributed by atoms with Crippen molar-refractivity contribution in [3.05, 3.63) is 78.9 Å². The highest BCUT2D eigenvalue weighted by Gasteiger charge is 2.19. The van der Waals surface area contributed by atoms with Crippen molar-refractivity contribution in [2.24, 2.45) is 0 Å². The Bertz CT molecular complexity index is 1350. The Morgan fingerprint density at radius 1 is 0.793 bits per heavy atom. The summed E-state index contributed by atoms with van der Waals surface area (Å²) in [5.41, 5.74) is 5.49. The lowest BCUT2D eigenvalue weighted by atomic mass is 9.82. The molecule has 0 atom stereocenters. The average molecular weight is 379 g/mol. The van der Waals surface area contributed by atoms with E-state index in [1.807, 2.05) is 18.2 Å². The highest BCUT2D eigenvalue weighted by molar-refractivity contribution is 5.92. The molecule has 5 aromatic rings. The number of pyridine rings is 1. The Kier molecular flexibility index (Phi) is 3.95. The Morgan fingerprint density at radius 2 is 1.62 bits per heavy atom. The van der Waals surface area contributed by atoms with Gasteiger partial charge in [-0.25, -0.2) is 9.97 Å². The maximum atomic E-state index is 5.65. The van der Waals surface area contributed by atoms with Gasteiger partial charge in [-0.1, -0.05) is 45.0 Å². The molecule has 0 aliphatic heterocycles. The average Bonchev–Trinajstić information content (AvgIpc) is 3.21. The first-order valence-corrected chi connectivity index (χ1v) is 9.69. The highest BCUT2D eigenvalue weighted by atomic mass is 16.3. The molecule has 5 rings (SSSR count). The van der Waals surface area contributed by atoms with E-state index < -0.39 is 0 Å². The molecule has 29 heavy (non-hydrogen) atoms. The summed E-state index contributed by atoms with van der Waals surface area (Å²) in [7, 11) is 0. The maximum Gasteiger partial charge on any atom is 0.161 e. The molecule has 4 nitrogen and oxygen atoms in total. The zero-order valence-electron chi connectivity index (χ0n) is 16.7. The van der Waals surface area contributed by atoms with Crippen LogP contribution >= 0.6 is 0 Å². The SMILES string of the molecule is CC(C)(C)c1cc(-c2cc(-c3nccc4ccoc34)ncn2)cc2ccccc12. The van der Waals surface area contributed by atoms with E-state index in [9.17, 15) is 0 Å². The van der Waals surface area contributed by atoms with Crippen LogP contribution in [-0.2, 0) is 5.41 Å². The van der Waals surface area contributed by atoms with Crippen molar-refractivity contribution in [1.29, 1.82) is 0 Å². The van der Waals surface area contributed by atoms with Crippen molar-refractivity contribution in [3.63, 3.8) is 0 Å². The van der Waals surface area contributed by atoms with E-state index >= 15 is 0 Å². The molecule has 142 valence electrons. The molecule has 0 saturated carbocycles. The van der Waals surface area contributed by atoms with Crippen LogP contribution in [0.15, 0.2) is 77.8 Å². The van der Waals surface area contributed by atoms with Gasteiger partial charge in [0, 0.05) is 17.1 Å². The largest absolute Gasteiger partial charge is 0.462 e. The van der Waals surface area contributed by atoms with Gasteiger partial charge >= 0.3 is 0 Å². The van der Waals surface area contributed by atoms with Crippen LogP contribution in [0.2, 0.25) is 0 Å². The van der Waals surface area contributed by atoms with Crippen molar-refractivity contribution in [1.82, 2.24) is 15.0 Å². The predicted octanol–water partition coefficient (Wildman–Crippen LogP) is 6.40. The molecule has 0 bridgehead atoms. The molecule has 3 heterocycles. The van der Waals surface area contributed by atoms with Crippen LogP contribution in [0.3, 0.4) is 0 Å². The van der Waals surface area contributed by atoms with Gasteiger partial charge in [-0.15, -0.1) is 0 Å². The van der Waals surface area contributed by atoms with Crippen molar-refractivity contribution in [3.8, 4) is 22.6 Å². The lowest BCUT2D eigenvalue weighted by Gasteiger charge is -2.22. The molecule has 0 spiro atoms. The number of rotatable bonds is 2. The molecule has 0 saturated heterocycles. The van der Waals surface area contributed by atoms with Crippen LogP contribution in [0, 0.1) is 0 Å². The number of furan rings is 1. The summed E-state index contributed by atoms with van der Waals surface area (Å²) in [6, 6.07) is 18.8. The third-order valence-electron chi connectivity index (χ3n) is 5.24. The van der Waals surface area contributed by atoms with Crippen molar-refractivity contribution < 1.29 is 4.42 Å². The van der Waals surface area contributed by atoms with Gasteiger partial charge in [-0.05, 0) is 52.1 Å². The van der Waals surface area contributed by atoms with Crippen molar-refractivity contribution >= 4 is 21.7 Å². The van der Waals surface area contributed by atoms with Gasteiger partial charge < -0.3 is 4.42 Å². The Morgan fingerprint density at radius 3 is 2.48 bits per heavy atom. The van der Waals surface area contributed by atoms with Crippen LogP contribution in [0.25, 0.3) is 44.4 Å². The first kappa shape index (κ1) is 17.6. The zero-order chi connectivity index (χ0) is 20.0. The van der Waals surface area contributed by atoms with E-state index in [0.717, 1.165) is 33.6 Å². The number of hydrogen-bond donors (Lipinski definition) is 0. The molecule has 0 unspecified atom stereocenters. The summed E-state index contributed by atoms with van der Waals surface area (Å²) in [5, 5.41) is 3.50. The smallest absolute Gasteiger partial charge is 0.161 e. The van der Waals surface area contributed by atoms with E-state index in [2.05, 4.69) is 72.1 Å². The van der Waals surface area contributed by atoms with Gasteiger partial charge in [0.2, 0.25) is 0 Å². The summed E-state index contributed by atoms with van der Waals surface area (Å²) in [4.78, 5) is 13.5. The fourth-order valence-corrected chi connectivity index (χ4v) is 3.80. The van der Waals surface area contributed by atoms with Gasteiger partial charge in [0.05, 0.1) is 17.7 Å². The molecule has 0 amide bonds. The summed E-state index contributed by atoms with van der Waals surface area (Å²) < 4.78 is 5.65. The number of hydrogen-bond acceptors (Lipinski definition) is 4. The number of benzene rings is 2. The molecule has 0 aliphatic carbocycles. The summed E-state index contributed by atoms with van der Waals surface area (Å²) >= 11 is 0. The maximum absolute atomic E-state index is 5.65. The minimum absolute atomic E-state index is 0.0206. The first-order chi connectivity index (χ1) is 14.0. The standard InChI is InChI=1S/C25H21N3O/c1-25(2,3)20-13-18(12-17-6-4-5-7-19(17)20)21-14-22(28-15-27-21)23-24-16(8-10-26-23)9-11-29-24/h4-15H,1-3H3. The van der Waals surface area contributed by atoms with E-state index in [1.54, 1.807) is 18.8 Å². The monoisotopic (exact) mass is 379 g/mol. The van der Waals surface area contributed by atoms with Crippen LogP contribution < -0.4 is 0 Å². The second-order valence-electron chi connectivity index (χ2n) is 8.28. The van der Waals surface area contributed by atoms with Crippen LogP contribution in [-0.4, -0.2) is 15.0 Å². The highest BCUT2D eigenvalue weighted by Crippen LogP contribution is 2.35. The van der Waals surface area contributed by atoms with Gasteiger partial charge in [-0.3, -0.25) is 4.98 Å². The molecular weight excluding hydrogens is 358 g/mol. The van der Waals surface area contributed by atoms with E-state index in [1.165, 1.54) is 16.3 Å².